The predicted octanol–water partition coefficient (Wildman–Crippen LogP) is 3.54. The molecule has 2 N–H and O–H groups in total. The number of anilines is 2. The Kier molecular flexibility index (Phi) is 5.72. The van der Waals surface area contributed by atoms with E-state index in [9.17, 15) is 4.79 Å². The predicted molar refractivity (Wildman–Crippen MR) is 120 cm³/mol. The number of amides is 1. The second kappa shape index (κ2) is 8.62. The highest BCUT2D eigenvalue weighted by Gasteiger charge is 2.36. The highest BCUT2D eigenvalue weighted by Crippen LogP contribution is 2.43. The number of nitrogens with zero attached hydrogens (tertiary/aromatic N) is 3. The minimum atomic E-state index is -0.604. The fraction of sp³-hybridized carbons (Fsp3) is 0.261. The molecule has 0 bridgehead atoms. The van der Waals surface area contributed by atoms with E-state index >= 15 is 0 Å². The zero-order chi connectivity index (χ0) is 22.8. The van der Waals surface area contributed by atoms with Gasteiger partial charge in [0.1, 0.15) is 18.1 Å². The molecule has 166 valence electrons. The molecule has 9 heteroatoms. The first kappa shape index (κ1) is 21.2. The summed E-state index contributed by atoms with van der Waals surface area (Å²) in [5, 5.41) is 10.6. The molecule has 1 aromatic heterocycles. The van der Waals surface area contributed by atoms with Gasteiger partial charge in [-0.2, -0.15) is 10.1 Å². The van der Waals surface area contributed by atoms with Crippen LogP contribution in [-0.4, -0.2) is 42.0 Å². The van der Waals surface area contributed by atoms with Crippen LogP contribution in [0.15, 0.2) is 54.0 Å². The molecule has 0 saturated carbocycles. The van der Waals surface area contributed by atoms with E-state index in [1.807, 2.05) is 38.1 Å². The Morgan fingerprint density at radius 1 is 1.03 bits per heavy atom. The van der Waals surface area contributed by atoms with Crippen LogP contribution in [0.25, 0.3) is 0 Å². The van der Waals surface area contributed by atoms with Crippen LogP contribution in [0.1, 0.15) is 24.1 Å². The number of carbonyl (C=O) groups excluding carboxylic acids is 1. The normalized spacial score (nSPS) is 15.0. The van der Waals surface area contributed by atoms with Crippen LogP contribution < -0.4 is 24.8 Å². The van der Waals surface area contributed by atoms with Crippen molar-refractivity contribution < 1.29 is 19.0 Å². The Bertz CT molecular complexity index is 1200. The van der Waals surface area contributed by atoms with Crippen molar-refractivity contribution in [3.63, 3.8) is 0 Å². The van der Waals surface area contributed by atoms with Gasteiger partial charge in [-0.05, 0) is 31.5 Å². The first-order valence-corrected chi connectivity index (χ1v) is 10.0. The summed E-state index contributed by atoms with van der Waals surface area (Å²) in [6.07, 6.45) is 1.44. The Morgan fingerprint density at radius 3 is 2.41 bits per heavy atom. The van der Waals surface area contributed by atoms with Gasteiger partial charge in [0.25, 0.3) is 5.91 Å². The number of benzene rings is 2. The Labute approximate surface area is 186 Å². The molecule has 9 nitrogen and oxygen atoms in total. The number of aryl methyl sites for hydroxylation is 1. The van der Waals surface area contributed by atoms with Crippen molar-refractivity contribution in [2.45, 2.75) is 19.9 Å². The number of hydrogen-bond donors (Lipinski definition) is 2. The lowest BCUT2D eigenvalue weighted by Gasteiger charge is -2.30. The minimum Gasteiger partial charge on any atom is -0.496 e. The van der Waals surface area contributed by atoms with Gasteiger partial charge >= 0.3 is 0 Å². The number of methoxy groups -OCH3 is 3. The molecule has 0 saturated heterocycles. The molecule has 1 atom stereocenters. The van der Waals surface area contributed by atoms with E-state index < -0.39 is 6.04 Å². The molecule has 2 aromatic carbocycles. The van der Waals surface area contributed by atoms with Crippen LogP contribution in [0.4, 0.5) is 11.6 Å². The summed E-state index contributed by atoms with van der Waals surface area (Å²) in [5.74, 6) is 1.83. The molecule has 1 aliphatic rings. The number of para-hydroxylation sites is 1. The molecule has 0 fully saturated rings. The number of aromatic nitrogens is 3. The van der Waals surface area contributed by atoms with Crippen molar-refractivity contribution in [1.29, 1.82) is 0 Å². The molecule has 0 spiro atoms. The summed E-state index contributed by atoms with van der Waals surface area (Å²) in [6, 6.07) is 10.6. The van der Waals surface area contributed by atoms with Crippen LogP contribution in [-0.2, 0) is 4.79 Å². The summed E-state index contributed by atoms with van der Waals surface area (Å²) in [4.78, 5) is 17.8. The third-order valence-electron chi connectivity index (χ3n) is 5.46. The molecular weight excluding hydrogens is 410 g/mol. The molecule has 4 rings (SSSR count). The van der Waals surface area contributed by atoms with Gasteiger partial charge in [-0.3, -0.25) is 4.79 Å². The minimum absolute atomic E-state index is 0.257. The van der Waals surface area contributed by atoms with Crippen molar-refractivity contribution in [2.24, 2.45) is 0 Å². The van der Waals surface area contributed by atoms with Crippen molar-refractivity contribution in [3.8, 4) is 17.2 Å². The summed E-state index contributed by atoms with van der Waals surface area (Å²) in [6.45, 7) is 3.78. The van der Waals surface area contributed by atoms with Crippen LogP contribution >= 0.6 is 0 Å². The first-order valence-electron chi connectivity index (χ1n) is 10.0. The van der Waals surface area contributed by atoms with Gasteiger partial charge in [0.15, 0.2) is 11.5 Å². The lowest BCUT2D eigenvalue weighted by Crippen LogP contribution is -2.32. The van der Waals surface area contributed by atoms with Crippen LogP contribution in [0.3, 0.4) is 0 Å². The maximum atomic E-state index is 13.6. The van der Waals surface area contributed by atoms with Crippen molar-refractivity contribution in [3.05, 3.63) is 65.1 Å². The van der Waals surface area contributed by atoms with Gasteiger partial charge in [-0.15, -0.1) is 0 Å². The molecule has 1 aliphatic heterocycles. The number of nitrogens with one attached hydrogen (secondary N) is 2. The Balaban J connectivity index is 1.87. The fourth-order valence-corrected chi connectivity index (χ4v) is 3.84. The van der Waals surface area contributed by atoms with Gasteiger partial charge in [0.05, 0.1) is 26.9 Å². The highest BCUT2D eigenvalue weighted by molar-refractivity contribution is 6.06. The second-order valence-electron chi connectivity index (χ2n) is 7.31. The molecule has 3 aromatic rings. The monoisotopic (exact) mass is 435 g/mol. The summed E-state index contributed by atoms with van der Waals surface area (Å²) >= 11 is 0. The van der Waals surface area contributed by atoms with Gasteiger partial charge in [0, 0.05) is 23.0 Å². The summed E-state index contributed by atoms with van der Waals surface area (Å²) in [7, 11) is 4.68. The summed E-state index contributed by atoms with van der Waals surface area (Å²) in [5.41, 5.74) is 3.53. The Morgan fingerprint density at radius 2 is 1.72 bits per heavy atom. The summed E-state index contributed by atoms with van der Waals surface area (Å²) < 4.78 is 18.2. The van der Waals surface area contributed by atoms with E-state index in [1.54, 1.807) is 38.1 Å². The topological polar surface area (TPSA) is 99.5 Å². The maximum absolute atomic E-state index is 13.6. The average Bonchev–Trinajstić information content (AvgIpc) is 3.26. The van der Waals surface area contributed by atoms with Crippen LogP contribution in [0, 0.1) is 6.92 Å². The molecule has 0 aliphatic carbocycles. The lowest BCUT2D eigenvalue weighted by atomic mass is 9.93. The number of hydrogen-bond acceptors (Lipinski definition) is 7. The van der Waals surface area contributed by atoms with E-state index in [0.29, 0.717) is 40.0 Å². The van der Waals surface area contributed by atoms with Gasteiger partial charge in [-0.1, -0.05) is 18.2 Å². The highest BCUT2D eigenvalue weighted by atomic mass is 16.5. The fourth-order valence-electron chi connectivity index (χ4n) is 3.84. The Hall–Kier alpha value is -4.01. The maximum Gasteiger partial charge on any atom is 0.255 e. The zero-order valence-electron chi connectivity index (χ0n) is 18.6. The molecule has 2 heterocycles. The third kappa shape index (κ3) is 3.62. The van der Waals surface area contributed by atoms with Gasteiger partial charge < -0.3 is 24.8 Å². The number of allylic oxidation sites excluding steroid dienone is 1. The smallest absolute Gasteiger partial charge is 0.255 e. The molecule has 0 radical (unpaired) electrons. The van der Waals surface area contributed by atoms with E-state index in [-0.39, 0.29) is 5.91 Å². The number of fused-ring (bicyclic) bond motifs is 1. The van der Waals surface area contributed by atoms with Crippen LogP contribution in [0.5, 0.6) is 17.2 Å². The largest absolute Gasteiger partial charge is 0.496 e. The quantitative estimate of drug-likeness (QED) is 0.611. The number of rotatable bonds is 6. The molecule has 1 unspecified atom stereocenters. The number of ether oxygens (including phenoxy) is 3. The van der Waals surface area contributed by atoms with Gasteiger partial charge in [-0.25, -0.2) is 4.68 Å². The molecule has 1 amide bonds. The lowest BCUT2D eigenvalue weighted by molar-refractivity contribution is -0.113. The zero-order valence-corrected chi connectivity index (χ0v) is 18.6. The SMILES string of the molecule is COc1cc(OC)c(C2C(C(=O)Nc3ccccc3C)=C(C)Nc3ncnn32)cc1OC. The van der Waals surface area contributed by atoms with Crippen molar-refractivity contribution >= 4 is 17.5 Å². The standard InChI is InChI=1S/C23H25N5O4/c1-13-8-6-7-9-16(13)27-22(29)20-14(2)26-23-24-12-25-28(23)21(20)15-10-18(31-4)19(32-5)11-17(15)30-3/h6-12,21H,1-5H3,(H,27,29)(H,24,25,26). The molecular formula is C23H25N5O4. The first-order chi connectivity index (χ1) is 15.5. The number of carbonyl (C=O) groups is 1. The van der Waals surface area contributed by atoms with Gasteiger partial charge in [0.2, 0.25) is 5.95 Å². The van der Waals surface area contributed by atoms with Crippen molar-refractivity contribution in [2.75, 3.05) is 32.0 Å². The third-order valence-corrected chi connectivity index (χ3v) is 5.46. The van der Waals surface area contributed by atoms with E-state index in [4.69, 9.17) is 14.2 Å². The van der Waals surface area contributed by atoms with E-state index in [2.05, 4.69) is 20.7 Å². The van der Waals surface area contributed by atoms with Crippen molar-refractivity contribution in [1.82, 2.24) is 14.8 Å². The second-order valence-corrected chi connectivity index (χ2v) is 7.31. The van der Waals surface area contributed by atoms with E-state index in [1.165, 1.54) is 6.33 Å². The van der Waals surface area contributed by atoms with E-state index in [0.717, 1.165) is 11.3 Å². The van der Waals surface area contributed by atoms with Crippen LogP contribution in [0.2, 0.25) is 0 Å². The molecule has 32 heavy (non-hydrogen) atoms. The average molecular weight is 435 g/mol.